The molecule has 0 fully saturated rings. The van der Waals surface area contributed by atoms with E-state index in [4.69, 9.17) is 4.42 Å². The lowest BCUT2D eigenvalue weighted by atomic mass is 10.2. The van der Waals surface area contributed by atoms with Gasteiger partial charge in [0.25, 0.3) is 0 Å². The van der Waals surface area contributed by atoms with E-state index in [0.717, 1.165) is 11.6 Å². The lowest BCUT2D eigenvalue weighted by Crippen LogP contribution is -2.07. The van der Waals surface area contributed by atoms with Gasteiger partial charge in [-0.25, -0.2) is 0 Å². The molecule has 2 rings (SSSR count). The largest absolute Gasteiger partial charge is 0.467 e. The van der Waals surface area contributed by atoms with Crippen LogP contribution in [0.4, 0.5) is 5.82 Å². The number of hydrogen-bond donors (Lipinski definition) is 1. The van der Waals surface area contributed by atoms with Crippen molar-refractivity contribution >= 4 is 5.82 Å². The molecule has 1 unspecified atom stereocenters. The Morgan fingerprint density at radius 3 is 2.93 bits per heavy atom. The number of hydrogen-bond acceptors (Lipinski definition) is 4. The van der Waals surface area contributed by atoms with E-state index in [1.54, 1.807) is 12.5 Å². The van der Waals surface area contributed by atoms with E-state index in [1.165, 1.54) is 0 Å². The van der Waals surface area contributed by atoms with Gasteiger partial charge in [0.2, 0.25) is 0 Å². The van der Waals surface area contributed by atoms with Crippen molar-refractivity contribution in [1.82, 2.24) is 10.2 Å². The molecule has 0 aromatic carbocycles. The van der Waals surface area contributed by atoms with Crippen LogP contribution in [0.15, 0.2) is 41.1 Å². The van der Waals surface area contributed by atoms with E-state index in [2.05, 4.69) is 15.5 Å². The normalized spacial score (nSPS) is 12.4. The van der Waals surface area contributed by atoms with Crippen LogP contribution in [0.5, 0.6) is 0 Å². The number of anilines is 1. The molecule has 0 aliphatic heterocycles. The fourth-order valence-electron chi connectivity index (χ4n) is 1.21. The number of nitrogens with zero attached hydrogens (tertiary/aromatic N) is 2. The fraction of sp³-hybridized carbons (Fsp3) is 0.200. The third-order valence-corrected chi connectivity index (χ3v) is 1.91. The van der Waals surface area contributed by atoms with E-state index < -0.39 is 0 Å². The Morgan fingerprint density at radius 1 is 1.36 bits per heavy atom. The van der Waals surface area contributed by atoms with Gasteiger partial charge in [-0.2, -0.15) is 5.10 Å². The van der Waals surface area contributed by atoms with Gasteiger partial charge in [0.15, 0.2) is 0 Å². The van der Waals surface area contributed by atoms with Crippen LogP contribution in [0.25, 0.3) is 0 Å². The van der Waals surface area contributed by atoms with Gasteiger partial charge in [0.05, 0.1) is 12.3 Å². The molecule has 0 saturated heterocycles. The van der Waals surface area contributed by atoms with Gasteiger partial charge in [0, 0.05) is 6.20 Å². The van der Waals surface area contributed by atoms with Gasteiger partial charge in [0.1, 0.15) is 11.6 Å². The Kier molecular flexibility index (Phi) is 2.44. The molecule has 0 radical (unpaired) electrons. The molecule has 0 amide bonds. The Bertz CT molecular complexity index is 372. The maximum absolute atomic E-state index is 5.26. The summed E-state index contributed by atoms with van der Waals surface area (Å²) in [6.07, 6.45) is 3.30. The van der Waals surface area contributed by atoms with Gasteiger partial charge in [-0.15, -0.1) is 5.10 Å². The van der Waals surface area contributed by atoms with Crippen molar-refractivity contribution in [2.24, 2.45) is 0 Å². The molecular formula is C10H11N3O. The second-order valence-electron chi connectivity index (χ2n) is 2.99. The molecule has 14 heavy (non-hydrogen) atoms. The molecular weight excluding hydrogens is 178 g/mol. The molecule has 0 saturated carbocycles. The Hall–Kier alpha value is -1.84. The molecule has 0 aliphatic carbocycles. The third kappa shape index (κ3) is 1.90. The monoisotopic (exact) mass is 189 g/mol. The summed E-state index contributed by atoms with van der Waals surface area (Å²) in [6, 6.07) is 7.59. The number of aromatic nitrogens is 2. The van der Waals surface area contributed by atoms with E-state index in [0.29, 0.717) is 0 Å². The van der Waals surface area contributed by atoms with E-state index >= 15 is 0 Å². The van der Waals surface area contributed by atoms with Crippen molar-refractivity contribution in [2.45, 2.75) is 13.0 Å². The van der Waals surface area contributed by atoms with Crippen LogP contribution >= 0.6 is 0 Å². The van der Waals surface area contributed by atoms with Crippen LogP contribution in [0.1, 0.15) is 18.7 Å². The highest BCUT2D eigenvalue weighted by Crippen LogP contribution is 2.16. The van der Waals surface area contributed by atoms with Gasteiger partial charge in [-0.1, -0.05) is 0 Å². The molecule has 4 heteroatoms. The van der Waals surface area contributed by atoms with Crippen LogP contribution < -0.4 is 5.32 Å². The highest BCUT2D eigenvalue weighted by molar-refractivity contribution is 5.34. The molecule has 0 aliphatic rings. The van der Waals surface area contributed by atoms with Crippen molar-refractivity contribution in [2.75, 3.05) is 5.32 Å². The summed E-state index contributed by atoms with van der Waals surface area (Å²) in [6.45, 7) is 2.01. The average molecular weight is 189 g/mol. The first-order valence-electron chi connectivity index (χ1n) is 4.44. The highest BCUT2D eigenvalue weighted by Gasteiger charge is 2.07. The van der Waals surface area contributed by atoms with Crippen LogP contribution in [0.3, 0.4) is 0 Å². The minimum atomic E-state index is 0.0988. The summed E-state index contributed by atoms with van der Waals surface area (Å²) in [5.74, 6) is 1.63. The molecule has 0 bridgehead atoms. The zero-order valence-corrected chi connectivity index (χ0v) is 7.84. The van der Waals surface area contributed by atoms with E-state index in [-0.39, 0.29) is 6.04 Å². The minimum Gasteiger partial charge on any atom is -0.467 e. The predicted octanol–water partition coefficient (Wildman–Crippen LogP) is 2.24. The molecule has 1 N–H and O–H groups in total. The molecule has 4 nitrogen and oxygen atoms in total. The zero-order valence-electron chi connectivity index (χ0n) is 7.84. The summed E-state index contributed by atoms with van der Waals surface area (Å²) in [5.41, 5.74) is 0. The summed E-state index contributed by atoms with van der Waals surface area (Å²) < 4.78 is 5.26. The second-order valence-corrected chi connectivity index (χ2v) is 2.99. The van der Waals surface area contributed by atoms with Crippen LogP contribution in [0.2, 0.25) is 0 Å². The van der Waals surface area contributed by atoms with Gasteiger partial charge in [-0.3, -0.25) is 0 Å². The molecule has 2 heterocycles. The van der Waals surface area contributed by atoms with Crippen molar-refractivity contribution < 1.29 is 4.42 Å². The average Bonchev–Trinajstić information content (AvgIpc) is 2.72. The second kappa shape index (κ2) is 3.91. The quantitative estimate of drug-likeness (QED) is 0.804. The number of furan rings is 1. The predicted molar refractivity (Wildman–Crippen MR) is 52.8 cm³/mol. The summed E-state index contributed by atoms with van der Waals surface area (Å²) in [5, 5.41) is 10.9. The molecule has 1 atom stereocenters. The Morgan fingerprint density at radius 2 is 2.29 bits per heavy atom. The molecule has 2 aromatic rings. The van der Waals surface area contributed by atoms with Crippen molar-refractivity contribution in [3.05, 3.63) is 42.5 Å². The van der Waals surface area contributed by atoms with E-state index in [9.17, 15) is 0 Å². The van der Waals surface area contributed by atoms with Gasteiger partial charge < -0.3 is 9.73 Å². The first-order chi connectivity index (χ1) is 6.86. The van der Waals surface area contributed by atoms with Crippen molar-refractivity contribution in [1.29, 1.82) is 0 Å². The minimum absolute atomic E-state index is 0.0988. The first-order valence-corrected chi connectivity index (χ1v) is 4.44. The third-order valence-electron chi connectivity index (χ3n) is 1.91. The Balaban J connectivity index is 2.06. The standard InChI is InChI=1S/C10H11N3O/c1-8(9-4-3-7-14-9)12-10-5-2-6-11-13-10/h2-8H,1H3,(H,12,13). The van der Waals surface area contributed by atoms with Crippen LogP contribution in [-0.4, -0.2) is 10.2 Å². The topological polar surface area (TPSA) is 51.0 Å². The lowest BCUT2D eigenvalue weighted by Gasteiger charge is -2.10. The van der Waals surface area contributed by atoms with Gasteiger partial charge >= 0.3 is 0 Å². The van der Waals surface area contributed by atoms with Crippen molar-refractivity contribution in [3.8, 4) is 0 Å². The molecule has 2 aromatic heterocycles. The van der Waals surface area contributed by atoms with Gasteiger partial charge in [-0.05, 0) is 31.2 Å². The Labute approximate surface area is 82.0 Å². The SMILES string of the molecule is CC(Nc1cccnn1)c1ccco1. The molecule has 0 spiro atoms. The summed E-state index contributed by atoms with van der Waals surface area (Å²) in [4.78, 5) is 0. The zero-order chi connectivity index (χ0) is 9.80. The smallest absolute Gasteiger partial charge is 0.149 e. The van der Waals surface area contributed by atoms with E-state index in [1.807, 2.05) is 31.2 Å². The number of rotatable bonds is 3. The van der Waals surface area contributed by atoms with Crippen molar-refractivity contribution in [3.63, 3.8) is 0 Å². The van der Waals surface area contributed by atoms with Crippen LogP contribution in [-0.2, 0) is 0 Å². The maximum Gasteiger partial charge on any atom is 0.149 e. The maximum atomic E-state index is 5.26. The highest BCUT2D eigenvalue weighted by atomic mass is 16.3. The lowest BCUT2D eigenvalue weighted by molar-refractivity contribution is 0.490. The fourth-order valence-corrected chi connectivity index (χ4v) is 1.21. The first kappa shape index (κ1) is 8.74. The summed E-state index contributed by atoms with van der Waals surface area (Å²) in [7, 11) is 0. The summed E-state index contributed by atoms with van der Waals surface area (Å²) >= 11 is 0. The number of nitrogens with one attached hydrogen (secondary N) is 1. The van der Waals surface area contributed by atoms with Crippen LogP contribution in [0, 0.1) is 0 Å². The molecule has 72 valence electrons.